The van der Waals surface area contributed by atoms with E-state index in [1.807, 2.05) is 62.9 Å². The average molecular weight is 465 g/mol. The Morgan fingerprint density at radius 2 is 1.82 bits per heavy atom. The van der Waals surface area contributed by atoms with Crippen LogP contribution < -0.4 is 0 Å². The molecule has 1 aliphatic rings. The summed E-state index contributed by atoms with van der Waals surface area (Å²) in [7, 11) is 0. The number of amides is 2. The maximum Gasteiger partial charge on any atom is 0.342 e. The normalized spacial score (nSPS) is 16.2. The molecule has 0 bridgehead atoms. The molecular weight excluding hydrogens is 432 g/mol. The molecule has 1 unspecified atom stereocenters. The summed E-state index contributed by atoms with van der Waals surface area (Å²) in [5.41, 5.74) is 0.646. The minimum atomic E-state index is -0.671. The Bertz CT molecular complexity index is 1090. The third-order valence-electron chi connectivity index (χ3n) is 5.68. The summed E-state index contributed by atoms with van der Waals surface area (Å²) in [6.45, 7) is 13.9. The second kappa shape index (κ2) is 10.2. The van der Waals surface area contributed by atoms with Crippen LogP contribution in [0.25, 0.3) is 11.4 Å². The Balaban J connectivity index is 1.97. The Labute approximate surface area is 200 Å². The van der Waals surface area contributed by atoms with E-state index in [0.29, 0.717) is 31.2 Å². The van der Waals surface area contributed by atoms with Crippen molar-refractivity contribution in [2.75, 3.05) is 26.2 Å². The van der Waals surface area contributed by atoms with Gasteiger partial charge in [-0.25, -0.2) is 14.8 Å². The molecule has 0 saturated carbocycles. The number of piperazine rings is 1. The van der Waals surface area contributed by atoms with Gasteiger partial charge in [-0.05, 0) is 13.8 Å². The zero-order valence-corrected chi connectivity index (χ0v) is 20.5. The van der Waals surface area contributed by atoms with E-state index in [2.05, 4.69) is 16.5 Å². The van der Waals surface area contributed by atoms with Gasteiger partial charge in [-0.15, -0.1) is 0 Å². The molecule has 8 heteroatoms. The highest BCUT2D eigenvalue weighted by atomic mass is 16.5. The number of benzene rings is 1. The summed E-state index contributed by atoms with van der Waals surface area (Å²) in [4.78, 5) is 51.7. The van der Waals surface area contributed by atoms with E-state index in [4.69, 9.17) is 4.74 Å². The maximum atomic E-state index is 13.7. The lowest BCUT2D eigenvalue weighted by Gasteiger charge is -2.42. The van der Waals surface area contributed by atoms with E-state index in [1.165, 1.54) is 6.08 Å². The van der Waals surface area contributed by atoms with Crippen LogP contribution in [0, 0.1) is 12.3 Å². The fraction of sp³-hybridized carbons (Fsp3) is 0.423. The number of hydrogen-bond donors (Lipinski definition) is 0. The summed E-state index contributed by atoms with van der Waals surface area (Å²) in [5, 5.41) is 0. The monoisotopic (exact) mass is 464 g/mol. The van der Waals surface area contributed by atoms with Crippen molar-refractivity contribution in [3.63, 3.8) is 0 Å². The van der Waals surface area contributed by atoms with E-state index in [1.54, 1.807) is 11.8 Å². The predicted octanol–water partition coefficient (Wildman–Crippen LogP) is 3.51. The lowest BCUT2D eigenvalue weighted by molar-refractivity contribution is -0.143. The second-order valence-electron chi connectivity index (χ2n) is 9.46. The van der Waals surface area contributed by atoms with E-state index in [0.717, 1.165) is 5.56 Å². The van der Waals surface area contributed by atoms with Gasteiger partial charge in [-0.3, -0.25) is 9.59 Å². The molecular formula is C26H32N4O4. The van der Waals surface area contributed by atoms with Gasteiger partial charge < -0.3 is 14.5 Å². The highest BCUT2D eigenvalue weighted by Gasteiger charge is 2.36. The second-order valence-corrected chi connectivity index (χ2v) is 9.46. The number of esters is 1. The summed E-state index contributed by atoms with van der Waals surface area (Å²) in [6.07, 6.45) is 1.46. The van der Waals surface area contributed by atoms with Crippen LogP contribution in [0.15, 0.2) is 43.0 Å². The van der Waals surface area contributed by atoms with Crippen LogP contribution in [0.1, 0.15) is 54.2 Å². The van der Waals surface area contributed by atoms with E-state index in [9.17, 15) is 14.4 Å². The number of aryl methyl sites for hydroxylation is 1. The van der Waals surface area contributed by atoms with Crippen LogP contribution in [0.4, 0.5) is 0 Å². The summed E-state index contributed by atoms with van der Waals surface area (Å²) >= 11 is 0. The van der Waals surface area contributed by atoms with Crippen LogP contribution in [0.3, 0.4) is 0 Å². The third kappa shape index (κ3) is 5.32. The Morgan fingerprint density at radius 3 is 2.41 bits per heavy atom. The standard InChI is InChI=1S/C26H32N4O4/c1-7-15-34-24(32)20-18(3)27-22(19-11-9-8-10-12-19)28-21(20)23(31)29-13-14-30(17(2)16-29)25(33)26(4,5)6/h7-12,17H,1,13-16H2,2-6H3. The van der Waals surface area contributed by atoms with Crippen molar-refractivity contribution in [2.24, 2.45) is 5.41 Å². The number of carbonyl (C=O) groups is 3. The summed E-state index contributed by atoms with van der Waals surface area (Å²) < 4.78 is 5.23. The van der Waals surface area contributed by atoms with E-state index in [-0.39, 0.29) is 35.7 Å². The lowest BCUT2D eigenvalue weighted by atomic mass is 9.93. The molecule has 2 aromatic rings. The quantitative estimate of drug-likeness (QED) is 0.497. The molecule has 3 rings (SSSR count). The van der Waals surface area contributed by atoms with Gasteiger partial charge >= 0.3 is 5.97 Å². The first-order valence-corrected chi connectivity index (χ1v) is 11.4. The van der Waals surface area contributed by atoms with Gasteiger partial charge in [0, 0.05) is 36.7 Å². The molecule has 1 atom stereocenters. The number of hydrogen-bond acceptors (Lipinski definition) is 6. The molecule has 0 aliphatic carbocycles. The molecule has 0 N–H and O–H groups in total. The van der Waals surface area contributed by atoms with Crippen molar-refractivity contribution in [1.82, 2.24) is 19.8 Å². The van der Waals surface area contributed by atoms with Crippen molar-refractivity contribution in [3.8, 4) is 11.4 Å². The smallest absolute Gasteiger partial charge is 0.342 e. The molecule has 1 saturated heterocycles. The van der Waals surface area contributed by atoms with Crippen LogP contribution in [0.5, 0.6) is 0 Å². The van der Waals surface area contributed by atoms with Gasteiger partial charge in [0.1, 0.15) is 17.9 Å². The van der Waals surface area contributed by atoms with Crippen LogP contribution in [-0.4, -0.2) is 69.8 Å². The maximum absolute atomic E-state index is 13.7. The molecule has 8 nitrogen and oxygen atoms in total. The van der Waals surface area contributed by atoms with Gasteiger partial charge in [0.05, 0.1) is 5.69 Å². The van der Waals surface area contributed by atoms with Gasteiger partial charge in [0.25, 0.3) is 5.91 Å². The van der Waals surface area contributed by atoms with Crippen LogP contribution in [0.2, 0.25) is 0 Å². The first-order chi connectivity index (χ1) is 16.0. The van der Waals surface area contributed by atoms with Crippen LogP contribution in [-0.2, 0) is 9.53 Å². The zero-order valence-electron chi connectivity index (χ0n) is 20.5. The van der Waals surface area contributed by atoms with E-state index < -0.39 is 11.4 Å². The highest BCUT2D eigenvalue weighted by molar-refractivity contribution is 6.05. The largest absolute Gasteiger partial charge is 0.458 e. The molecule has 2 amide bonds. The fourth-order valence-corrected chi connectivity index (χ4v) is 3.92. The average Bonchev–Trinajstić information content (AvgIpc) is 2.81. The Morgan fingerprint density at radius 1 is 1.15 bits per heavy atom. The number of rotatable bonds is 5. The molecule has 1 aliphatic heterocycles. The number of carbonyl (C=O) groups excluding carboxylic acids is 3. The fourth-order valence-electron chi connectivity index (χ4n) is 3.92. The van der Waals surface area contributed by atoms with Gasteiger partial charge in [0.15, 0.2) is 5.82 Å². The first kappa shape index (κ1) is 25.1. The molecule has 2 heterocycles. The van der Waals surface area contributed by atoms with Crippen molar-refractivity contribution < 1.29 is 19.1 Å². The van der Waals surface area contributed by atoms with Crippen molar-refractivity contribution >= 4 is 17.8 Å². The molecule has 1 fully saturated rings. The minimum absolute atomic E-state index is 0.00298. The third-order valence-corrected chi connectivity index (χ3v) is 5.68. The number of ether oxygens (including phenoxy) is 1. The molecule has 34 heavy (non-hydrogen) atoms. The number of nitrogens with zero attached hydrogens (tertiary/aromatic N) is 4. The highest BCUT2D eigenvalue weighted by Crippen LogP contribution is 2.24. The van der Waals surface area contributed by atoms with Crippen molar-refractivity contribution in [2.45, 2.75) is 40.7 Å². The van der Waals surface area contributed by atoms with Gasteiger partial charge in [-0.2, -0.15) is 0 Å². The van der Waals surface area contributed by atoms with E-state index >= 15 is 0 Å². The van der Waals surface area contributed by atoms with Crippen molar-refractivity contribution in [1.29, 1.82) is 0 Å². The summed E-state index contributed by atoms with van der Waals surface area (Å²) in [6, 6.07) is 9.11. The predicted molar refractivity (Wildman–Crippen MR) is 129 cm³/mol. The summed E-state index contributed by atoms with van der Waals surface area (Å²) in [5.74, 6) is -0.653. The molecule has 1 aromatic heterocycles. The Kier molecular flexibility index (Phi) is 7.49. The minimum Gasteiger partial charge on any atom is -0.458 e. The van der Waals surface area contributed by atoms with Crippen molar-refractivity contribution in [3.05, 3.63) is 59.9 Å². The topological polar surface area (TPSA) is 92.7 Å². The van der Waals surface area contributed by atoms with Gasteiger partial charge in [-0.1, -0.05) is 63.8 Å². The molecule has 0 radical (unpaired) electrons. The number of aromatic nitrogens is 2. The molecule has 0 spiro atoms. The molecule has 1 aromatic carbocycles. The van der Waals surface area contributed by atoms with Gasteiger partial charge in [0.2, 0.25) is 5.91 Å². The SMILES string of the molecule is C=CCOC(=O)c1c(C)nc(-c2ccccc2)nc1C(=O)N1CCN(C(=O)C(C)(C)C)C(C)C1. The first-order valence-electron chi connectivity index (χ1n) is 11.4. The molecule has 180 valence electrons. The van der Waals surface area contributed by atoms with Crippen LogP contribution >= 0.6 is 0 Å². The lowest BCUT2D eigenvalue weighted by Crippen LogP contribution is -2.57. The Hall–Kier alpha value is -3.55. The zero-order chi connectivity index (χ0) is 25.0.